The van der Waals surface area contributed by atoms with E-state index >= 15 is 0 Å². The lowest BCUT2D eigenvalue weighted by molar-refractivity contribution is 0.102. The first-order valence-corrected chi connectivity index (χ1v) is 9.64. The molecule has 4 rings (SSSR count). The Morgan fingerprint density at radius 1 is 0.767 bits per heavy atom. The van der Waals surface area contributed by atoms with Gasteiger partial charge in [-0.05, 0) is 54.1 Å². The lowest BCUT2D eigenvalue weighted by Crippen LogP contribution is -2.14. The standard InChI is InChI=1S/C25H21N3O2/c29-25(24-17-21(15-16-26-24)27-18-19-7-3-1-4-8-19)28-20-11-13-23(14-12-20)30-22-9-5-2-6-10-22/h1-17H,18H2,(H,26,27)(H,28,29). The number of carbonyl (C=O) groups is 1. The number of benzene rings is 3. The third-order valence-corrected chi connectivity index (χ3v) is 4.42. The van der Waals surface area contributed by atoms with Crippen LogP contribution in [0.4, 0.5) is 11.4 Å². The van der Waals surface area contributed by atoms with E-state index in [-0.39, 0.29) is 5.91 Å². The van der Waals surface area contributed by atoms with Crippen molar-refractivity contribution in [1.29, 1.82) is 0 Å². The van der Waals surface area contributed by atoms with E-state index in [0.717, 1.165) is 17.0 Å². The molecule has 30 heavy (non-hydrogen) atoms. The predicted octanol–water partition coefficient (Wildman–Crippen LogP) is 5.74. The number of carbonyl (C=O) groups excluding carboxylic acids is 1. The zero-order valence-corrected chi connectivity index (χ0v) is 16.3. The van der Waals surface area contributed by atoms with Crippen LogP contribution in [0.2, 0.25) is 0 Å². The largest absolute Gasteiger partial charge is 0.457 e. The van der Waals surface area contributed by atoms with Crippen molar-refractivity contribution in [2.45, 2.75) is 6.54 Å². The summed E-state index contributed by atoms with van der Waals surface area (Å²) in [7, 11) is 0. The van der Waals surface area contributed by atoms with Crippen molar-refractivity contribution in [3.63, 3.8) is 0 Å². The number of hydrogen-bond acceptors (Lipinski definition) is 4. The molecule has 5 heteroatoms. The topological polar surface area (TPSA) is 63.2 Å². The summed E-state index contributed by atoms with van der Waals surface area (Å²) in [5.41, 5.74) is 3.02. The highest BCUT2D eigenvalue weighted by atomic mass is 16.5. The molecular weight excluding hydrogens is 374 g/mol. The number of para-hydroxylation sites is 1. The molecule has 0 fully saturated rings. The third kappa shape index (κ3) is 5.23. The summed E-state index contributed by atoms with van der Waals surface area (Å²) in [6.45, 7) is 0.675. The van der Waals surface area contributed by atoms with Crippen LogP contribution < -0.4 is 15.4 Å². The molecule has 0 spiro atoms. The number of anilines is 2. The molecule has 0 aliphatic rings. The van der Waals surface area contributed by atoms with Gasteiger partial charge in [-0.15, -0.1) is 0 Å². The zero-order chi connectivity index (χ0) is 20.6. The highest BCUT2D eigenvalue weighted by molar-refractivity contribution is 6.03. The van der Waals surface area contributed by atoms with Crippen LogP contribution in [0.1, 0.15) is 16.1 Å². The van der Waals surface area contributed by atoms with Crippen molar-refractivity contribution in [1.82, 2.24) is 4.98 Å². The van der Waals surface area contributed by atoms with Gasteiger partial charge in [-0.1, -0.05) is 48.5 Å². The fourth-order valence-corrected chi connectivity index (χ4v) is 2.89. The van der Waals surface area contributed by atoms with Crippen molar-refractivity contribution in [3.8, 4) is 11.5 Å². The van der Waals surface area contributed by atoms with Gasteiger partial charge in [-0.3, -0.25) is 9.78 Å². The minimum atomic E-state index is -0.268. The van der Waals surface area contributed by atoms with E-state index in [1.165, 1.54) is 0 Å². The molecule has 4 aromatic rings. The molecule has 148 valence electrons. The van der Waals surface area contributed by atoms with Crippen LogP contribution in [-0.4, -0.2) is 10.9 Å². The number of rotatable bonds is 7. The molecule has 0 aliphatic carbocycles. The first kappa shape index (κ1) is 19.2. The van der Waals surface area contributed by atoms with Gasteiger partial charge in [0.15, 0.2) is 0 Å². The minimum Gasteiger partial charge on any atom is -0.457 e. The van der Waals surface area contributed by atoms with E-state index in [9.17, 15) is 4.79 Å². The lowest BCUT2D eigenvalue weighted by atomic mass is 10.2. The smallest absolute Gasteiger partial charge is 0.274 e. The van der Waals surface area contributed by atoms with Gasteiger partial charge in [0.25, 0.3) is 5.91 Å². The van der Waals surface area contributed by atoms with Gasteiger partial charge in [0.05, 0.1) is 0 Å². The Morgan fingerprint density at radius 3 is 2.17 bits per heavy atom. The Bertz CT molecular complexity index is 1100. The molecule has 0 saturated carbocycles. The van der Waals surface area contributed by atoms with Crippen LogP contribution in [0.3, 0.4) is 0 Å². The van der Waals surface area contributed by atoms with E-state index in [4.69, 9.17) is 4.74 Å². The van der Waals surface area contributed by atoms with Crippen LogP contribution in [0.15, 0.2) is 103 Å². The normalized spacial score (nSPS) is 10.3. The first-order valence-electron chi connectivity index (χ1n) is 9.64. The van der Waals surface area contributed by atoms with Crippen molar-refractivity contribution in [2.75, 3.05) is 10.6 Å². The van der Waals surface area contributed by atoms with Crippen LogP contribution in [-0.2, 0) is 6.54 Å². The summed E-state index contributed by atoms with van der Waals surface area (Å²) in [6.07, 6.45) is 1.62. The number of ether oxygens (including phenoxy) is 1. The Hall–Kier alpha value is -4.12. The van der Waals surface area contributed by atoms with Gasteiger partial charge in [0, 0.05) is 24.1 Å². The maximum absolute atomic E-state index is 12.6. The van der Waals surface area contributed by atoms with Crippen LogP contribution in [0.25, 0.3) is 0 Å². The van der Waals surface area contributed by atoms with Gasteiger partial charge >= 0.3 is 0 Å². The molecule has 0 radical (unpaired) electrons. The minimum absolute atomic E-state index is 0.268. The second kappa shape index (κ2) is 9.39. The molecule has 1 amide bonds. The van der Waals surface area contributed by atoms with E-state index in [2.05, 4.69) is 15.6 Å². The molecular formula is C25H21N3O2. The lowest BCUT2D eigenvalue weighted by Gasteiger charge is -2.10. The van der Waals surface area contributed by atoms with E-state index in [0.29, 0.717) is 23.7 Å². The van der Waals surface area contributed by atoms with Crippen LogP contribution in [0, 0.1) is 0 Å². The second-order valence-corrected chi connectivity index (χ2v) is 6.66. The number of nitrogens with zero attached hydrogens (tertiary/aromatic N) is 1. The molecule has 1 aromatic heterocycles. The average Bonchev–Trinajstić information content (AvgIpc) is 2.80. The fraction of sp³-hybridized carbons (Fsp3) is 0.0400. The van der Waals surface area contributed by atoms with E-state index in [1.54, 1.807) is 24.4 Å². The summed E-state index contributed by atoms with van der Waals surface area (Å²) in [5.74, 6) is 1.19. The molecule has 0 saturated heterocycles. The van der Waals surface area contributed by atoms with Gasteiger partial charge in [0.1, 0.15) is 17.2 Å². The third-order valence-electron chi connectivity index (χ3n) is 4.42. The molecule has 5 nitrogen and oxygen atoms in total. The number of hydrogen-bond donors (Lipinski definition) is 2. The molecule has 0 bridgehead atoms. The van der Waals surface area contributed by atoms with Gasteiger partial charge in [-0.25, -0.2) is 0 Å². The molecule has 1 heterocycles. The number of amides is 1. The van der Waals surface area contributed by atoms with Crippen LogP contribution >= 0.6 is 0 Å². The molecule has 3 aromatic carbocycles. The summed E-state index contributed by atoms with van der Waals surface area (Å²) in [5, 5.41) is 6.18. The Morgan fingerprint density at radius 2 is 1.43 bits per heavy atom. The molecule has 0 aliphatic heterocycles. The van der Waals surface area contributed by atoms with E-state index < -0.39 is 0 Å². The Balaban J connectivity index is 1.36. The molecule has 0 atom stereocenters. The number of pyridine rings is 1. The summed E-state index contributed by atoms with van der Waals surface area (Å²) in [6, 6.07) is 30.4. The Labute approximate surface area is 175 Å². The second-order valence-electron chi connectivity index (χ2n) is 6.66. The Kier molecular flexibility index (Phi) is 6.01. The van der Waals surface area contributed by atoms with E-state index in [1.807, 2.05) is 78.9 Å². The number of nitrogens with one attached hydrogen (secondary N) is 2. The van der Waals surface area contributed by atoms with Crippen molar-refractivity contribution in [2.24, 2.45) is 0 Å². The maximum atomic E-state index is 12.6. The van der Waals surface area contributed by atoms with Gasteiger partial charge in [0.2, 0.25) is 0 Å². The summed E-state index contributed by atoms with van der Waals surface area (Å²) < 4.78 is 5.77. The fourth-order valence-electron chi connectivity index (χ4n) is 2.89. The number of aromatic nitrogens is 1. The first-order chi connectivity index (χ1) is 14.8. The SMILES string of the molecule is O=C(Nc1ccc(Oc2ccccc2)cc1)c1cc(NCc2ccccc2)ccn1. The van der Waals surface area contributed by atoms with Crippen molar-refractivity contribution in [3.05, 3.63) is 115 Å². The maximum Gasteiger partial charge on any atom is 0.274 e. The van der Waals surface area contributed by atoms with Crippen molar-refractivity contribution >= 4 is 17.3 Å². The molecule has 2 N–H and O–H groups in total. The van der Waals surface area contributed by atoms with Crippen LogP contribution in [0.5, 0.6) is 11.5 Å². The van der Waals surface area contributed by atoms with Gasteiger partial charge < -0.3 is 15.4 Å². The molecule has 0 unspecified atom stereocenters. The predicted molar refractivity (Wildman–Crippen MR) is 119 cm³/mol. The summed E-state index contributed by atoms with van der Waals surface area (Å²) in [4.78, 5) is 16.8. The quantitative estimate of drug-likeness (QED) is 0.419. The highest BCUT2D eigenvalue weighted by Gasteiger charge is 2.09. The monoisotopic (exact) mass is 395 g/mol. The van der Waals surface area contributed by atoms with Gasteiger partial charge in [-0.2, -0.15) is 0 Å². The average molecular weight is 395 g/mol. The summed E-state index contributed by atoms with van der Waals surface area (Å²) >= 11 is 0. The van der Waals surface area contributed by atoms with Crippen molar-refractivity contribution < 1.29 is 9.53 Å². The zero-order valence-electron chi connectivity index (χ0n) is 16.3. The highest BCUT2D eigenvalue weighted by Crippen LogP contribution is 2.23.